The molecule has 0 aliphatic carbocycles. The van der Waals surface area contributed by atoms with Crippen molar-refractivity contribution in [2.75, 3.05) is 31.1 Å². The first-order valence-corrected chi connectivity index (χ1v) is 8.79. The second-order valence-electron chi connectivity index (χ2n) is 5.07. The van der Waals surface area contributed by atoms with Gasteiger partial charge in [-0.1, -0.05) is 13.8 Å². The number of sulfonamides is 1. The maximum Gasteiger partial charge on any atom is 0.214 e. The number of hydrogen-bond donors (Lipinski definition) is 1. The third-order valence-corrected chi connectivity index (χ3v) is 6.38. The molecule has 0 radical (unpaired) electrons. The highest BCUT2D eigenvalue weighted by atomic mass is 32.2. The molecule has 17 heavy (non-hydrogen) atoms. The highest BCUT2D eigenvalue weighted by molar-refractivity contribution is 8.00. The summed E-state index contributed by atoms with van der Waals surface area (Å²) in [4.78, 5) is 0. The third kappa shape index (κ3) is 5.16. The molecule has 0 unspecified atom stereocenters. The van der Waals surface area contributed by atoms with Gasteiger partial charge in [0.25, 0.3) is 0 Å². The molecule has 1 aliphatic rings. The zero-order chi connectivity index (χ0) is 12.9. The highest BCUT2D eigenvalue weighted by Gasteiger charge is 2.29. The van der Waals surface area contributed by atoms with Gasteiger partial charge in [-0.3, -0.25) is 0 Å². The largest absolute Gasteiger partial charge is 0.330 e. The lowest BCUT2D eigenvalue weighted by atomic mass is 10.1. The number of nitrogens with zero attached hydrogens (tertiary/aromatic N) is 1. The Bertz CT molecular complexity index is 328. The van der Waals surface area contributed by atoms with Crippen molar-refractivity contribution in [3.05, 3.63) is 0 Å². The molecule has 1 aliphatic heterocycles. The summed E-state index contributed by atoms with van der Waals surface area (Å²) in [6, 6.07) is 0. The average molecular weight is 280 g/mol. The van der Waals surface area contributed by atoms with Gasteiger partial charge in [0.2, 0.25) is 10.0 Å². The number of hydrogen-bond acceptors (Lipinski definition) is 4. The summed E-state index contributed by atoms with van der Waals surface area (Å²) in [6.45, 7) is 6.24. The predicted octanol–water partition coefficient (Wildman–Crippen LogP) is 1.27. The smallest absolute Gasteiger partial charge is 0.214 e. The van der Waals surface area contributed by atoms with E-state index in [4.69, 9.17) is 5.73 Å². The van der Waals surface area contributed by atoms with E-state index >= 15 is 0 Å². The topological polar surface area (TPSA) is 63.4 Å². The molecule has 102 valence electrons. The minimum absolute atomic E-state index is 0.196. The van der Waals surface area contributed by atoms with E-state index < -0.39 is 10.0 Å². The lowest BCUT2D eigenvalue weighted by molar-refractivity contribution is 0.414. The SMILES string of the molecule is CC1(C)CCN(S(=O)(=O)CCCCN)CCS1. The van der Waals surface area contributed by atoms with Gasteiger partial charge in [-0.15, -0.1) is 0 Å². The molecule has 0 aromatic rings. The first-order chi connectivity index (χ1) is 7.87. The standard InChI is InChI=1S/C11H24N2O2S2/c1-11(2)5-7-13(8-9-16-11)17(14,15)10-4-3-6-12/h3-10,12H2,1-2H3. The Morgan fingerprint density at radius 3 is 2.65 bits per heavy atom. The summed E-state index contributed by atoms with van der Waals surface area (Å²) < 4.78 is 26.1. The van der Waals surface area contributed by atoms with E-state index in [9.17, 15) is 8.42 Å². The summed E-state index contributed by atoms with van der Waals surface area (Å²) in [6.07, 6.45) is 2.38. The summed E-state index contributed by atoms with van der Waals surface area (Å²) in [7, 11) is -3.06. The summed E-state index contributed by atoms with van der Waals surface area (Å²) in [5.41, 5.74) is 5.39. The van der Waals surface area contributed by atoms with Crippen LogP contribution in [0, 0.1) is 0 Å². The van der Waals surface area contributed by atoms with Crippen LogP contribution >= 0.6 is 11.8 Å². The molecule has 1 rings (SSSR count). The number of unbranched alkanes of at least 4 members (excludes halogenated alkanes) is 1. The Morgan fingerprint density at radius 2 is 2.00 bits per heavy atom. The van der Waals surface area contributed by atoms with Crippen molar-refractivity contribution in [1.82, 2.24) is 4.31 Å². The van der Waals surface area contributed by atoms with Gasteiger partial charge in [0.15, 0.2) is 0 Å². The predicted molar refractivity (Wildman–Crippen MR) is 74.8 cm³/mol. The van der Waals surface area contributed by atoms with Crippen molar-refractivity contribution >= 4 is 21.8 Å². The minimum atomic E-state index is -3.06. The van der Waals surface area contributed by atoms with Gasteiger partial charge >= 0.3 is 0 Å². The van der Waals surface area contributed by atoms with Gasteiger partial charge < -0.3 is 5.73 Å². The molecule has 0 aromatic heterocycles. The second kappa shape index (κ2) is 6.41. The minimum Gasteiger partial charge on any atom is -0.330 e. The van der Waals surface area contributed by atoms with Gasteiger partial charge in [0.1, 0.15) is 0 Å². The van der Waals surface area contributed by atoms with Crippen molar-refractivity contribution in [3.8, 4) is 0 Å². The molecular weight excluding hydrogens is 256 g/mol. The number of nitrogens with two attached hydrogens (primary N) is 1. The van der Waals surface area contributed by atoms with E-state index in [1.165, 1.54) is 0 Å². The van der Waals surface area contributed by atoms with Gasteiger partial charge in [0.05, 0.1) is 5.75 Å². The Hall–Kier alpha value is 0.220. The van der Waals surface area contributed by atoms with E-state index in [0.29, 0.717) is 26.1 Å². The number of rotatable bonds is 5. The lowest BCUT2D eigenvalue weighted by Crippen LogP contribution is -2.35. The van der Waals surface area contributed by atoms with E-state index in [2.05, 4.69) is 13.8 Å². The first kappa shape index (κ1) is 15.3. The van der Waals surface area contributed by atoms with Crippen LogP contribution in [0.4, 0.5) is 0 Å². The van der Waals surface area contributed by atoms with Crippen molar-refractivity contribution in [1.29, 1.82) is 0 Å². The maximum atomic E-state index is 12.1. The van der Waals surface area contributed by atoms with Crippen LogP contribution in [0.1, 0.15) is 33.1 Å². The molecule has 1 saturated heterocycles. The highest BCUT2D eigenvalue weighted by Crippen LogP contribution is 2.31. The molecule has 0 aromatic carbocycles. The van der Waals surface area contributed by atoms with Gasteiger partial charge in [0, 0.05) is 23.6 Å². The van der Waals surface area contributed by atoms with E-state index in [0.717, 1.165) is 18.6 Å². The quantitative estimate of drug-likeness (QED) is 0.770. The molecule has 0 spiro atoms. The lowest BCUT2D eigenvalue weighted by Gasteiger charge is -2.22. The van der Waals surface area contributed by atoms with Crippen molar-refractivity contribution < 1.29 is 8.42 Å². The van der Waals surface area contributed by atoms with E-state index in [1.54, 1.807) is 4.31 Å². The monoisotopic (exact) mass is 280 g/mol. The molecule has 0 bridgehead atoms. The van der Waals surface area contributed by atoms with Crippen LogP contribution in [0.5, 0.6) is 0 Å². The zero-order valence-corrected chi connectivity index (χ0v) is 12.4. The molecular formula is C11H24N2O2S2. The Balaban J connectivity index is 2.54. The Labute approximate surface area is 109 Å². The van der Waals surface area contributed by atoms with E-state index in [-0.39, 0.29) is 10.5 Å². The zero-order valence-electron chi connectivity index (χ0n) is 10.8. The van der Waals surface area contributed by atoms with Crippen molar-refractivity contribution in [3.63, 3.8) is 0 Å². The molecule has 6 heteroatoms. The molecule has 1 fully saturated rings. The van der Waals surface area contributed by atoms with Crippen molar-refractivity contribution in [2.24, 2.45) is 5.73 Å². The van der Waals surface area contributed by atoms with Gasteiger partial charge in [-0.25, -0.2) is 12.7 Å². The van der Waals surface area contributed by atoms with E-state index in [1.807, 2.05) is 11.8 Å². The number of thioether (sulfide) groups is 1. The van der Waals surface area contributed by atoms with Crippen LogP contribution in [-0.4, -0.2) is 48.6 Å². The molecule has 2 N–H and O–H groups in total. The molecule has 0 saturated carbocycles. The molecule has 1 heterocycles. The van der Waals surface area contributed by atoms with Crippen molar-refractivity contribution in [2.45, 2.75) is 37.9 Å². The second-order valence-corrected chi connectivity index (χ2v) is 8.96. The van der Waals surface area contributed by atoms with Crippen LogP contribution < -0.4 is 5.73 Å². The summed E-state index contributed by atoms with van der Waals surface area (Å²) >= 11 is 1.86. The Morgan fingerprint density at radius 1 is 1.29 bits per heavy atom. The summed E-state index contributed by atoms with van der Waals surface area (Å²) in [5, 5.41) is 0. The van der Waals surface area contributed by atoms with Crippen LogP contribution in [0.25, 0.3) is 0 Å². The fourth-order valence-corrected chi connectivity index (χ4v) is 4.62. The van der Waals surface area contributed by atoms with Crippen LogP contribution in [-0.2, 0) is 10.0 Å². The van der Waals surface area contributed by atoms with Gasteiger partial charge in [-0.05, 0) is 25.8 Å². The van der Waals surface area contributed by atoms with Crippen LogP contribution in [0.15, 0.2) is 0 Å². The fraction of sp³-hybridized carbons (Fsp3) is 1.00. The normalized spacial score (nSPS) is 22.3. The first-order valence-electron chi connectivity index (χ1n) is 6.19. The van der Waals surface area contributed by atoms with Crippen LogP contribution in [0.2, 0.25) is 0 Å². The van der Waals surface area contributed by atoms with Gasteiger partial charge in [-0.2, -0.15) is 11.8 Å². The fourth-order valence-electron chi connectivity index (χ4n) is 1.84. The molecule has 0 atom stereocenters. The third-order valence-electron chi connectivity index (χ3n) is 3.05. The molecule has 4 nitrogen and oxygen atoms in total. The molecule has 0 amide bonds. The summed E-state index contributed by atoms with van der Waals surface area (Å²) in [5.74, 6) is 1.14. The Kier molecular flexibility index (Phi) is 5.76. The maximum absolute atomic E-state index is 12.1. The van der Waals surface area contributed by atoms with Crippen LogP contribution in [0.3, 0.4) is 0 Å². The average Bonchev–Trinajstić information content (AvgIpc) is 2.40.